The van der Waals surface area contributed by atoms with E-state index in [9.17, 15) is 19.5 Å². The zero-order valence-electron chi connectivity index (χ0n) is 17.4. The Morgan fingerprint density at radius 1 is 1.31 bits per heavy atom. The van der Waals surface area contributed by atoms with Gasteiger partial charge in [0.05, 0.1) is 18.5 Å². The molecule has 0 aliphatic rings. The molecule has 0 bridgehead atoms. The Labute approximate surface area is 186 Å². The first-order chi connectivity index (χ1) is 15.4. The number of hydrogen-bond donors (Lipinski definition) is 2. The summed E-state index contributed by atoms with van der Waals surface area (Å²) in [7, 11) is 0. The monoisotopic (exact) mass is 452 g/mol. The highest BCUT2D eigenvalue weighted by atomic mass is 32.1. The van der Waals surface area contributed by atoms with Gasteiger partial charge in [0, 0.05) is 24.2 Å². The third kappa shape index (κ3) is 3.92. The van der Waals surface area contributed by atoms with Crippen LogP contribution in [0.4, 0.5) is 0 Å². The SMILES string of the molecule is CCCOc1c[nH]c(Cn2c(-c3ccccn3)nc3sc(C(=O)O)c(C)c3c2=O)cc1=O. The maximum Gasteiger partial charge on any atom is 0.346 e. The Morgan fingerprint density at radius 3 is 2.78 bits per heavy atom. The molecule has 0 unspecified atom stereocenters. The summed E-state index contributed by atoms with van der Waals surface area (Å²) in [6.07, 6.45) is 3.83. The molecule has 0 amide bonds. The van der Waals surface area contributed by atoms with Crippen LogP contribution in [0.3, 0.4) is 0 Å². The van der Waals surface area contributed by atoms with Crippen molar-refractivity contribution in [1.29, 1.82) is 0 Å². The van der Waals surface area contributed by atoms with Crippen molar-refractivity contribution in [3.63, 3.8) is 0 Å². The molecule has 0 radical (unpaired) electrons. The van der Waals surface area contributed by atoms with Crippen LogP contribution in [0.2, 0.25) is 0 Å². The van der Waals surface area contributed by atoms with Gasteiger partial charge in [0.1, 0.15) is 15.4 Å². The largest absolute Gasteiger partial charge is 0.488 e. The van der Waals surface area contributed by atoms with Crippen molar-refractivity contribution in [2.24, 2.45) is 0 Å². The zero-order valence-corrected chi connectivity index (χ0v) is 18.2. The summed E-state index contributed by atoms with van der Waals surface area (Å²) in [4.78, 5) is 49.7. The molecule has 0 aliphatic carbocycles. The molecule has 0 saturated carbocycles. The molecule has 0 spiro atoms. The fraction of sp³-hybridized carbons (Fsp3) is 0.227. The highest BCUT2D eigenvalue weighted by molar-refractivity contribution is 7.20. The number of carboxylic acid groups (broad SMARTS) is 1. The number of carbonyl (C=O) groups is 1. The van der Waals surface area contributed by atoms with Crippen LogP contribution >= 0.6 is 11.3 Å². The maximum atomic E-state index is 13.5. The number of aromatic carboxylic acids is 1. The van der Waals surface area contributed by atoms with Gasteiger partial charge in [-0.1, -0.05) is 13.0 Å². The van der Waals surface area contributed by atoms with Crippen molar-refractivity contribution in [1.82, 2.24) is 19.5 Å². The first-order valence-electron chi connectivity index (χ1n) is 9.93. The van der Waals surface area contributed by atoms with Gasteiger partial charge in [-0.2, -0.15) is 0 Å². The number of hydrogen-bond acceptors (Lipinski definition) is 7. The predicted octanol–water partition coefficient (Wildman–Crippen LogP) is 3.05. The Kier molecular flexibility index (Phi) is 5.87. The summed E-state index contributed by atoms with van der Waals surface area (Å²) in [5.41, 5.74) is 0.607. The molecule has 0 fully saturated rings. The average molecular weight is 452 g/mol. The molecule has 0 aromatic carbocycles. The van der Waals surface area contributed by atoms with E-state index < -0.39 is 11.5 Å². The van der Waals surface area contributed by atoms with E-state index in [1.807, 2.05) is 6.92 Å². The topological polar surface area (TPSA) is 127 Å². The number of carboxylic acids is 1. The lowest BCUT2D eigenvalue weighted by atomic mass is 10.2. The fourth-order valence-corrected chi connectivity index (χ4v) is 4.36. The molecule has 0 atom stereocenters. The Morgan fingerprint density at radius 2 is 2.12 bits per heavy atom. The lowest BCUT2D eigenvalue weighted by Crippen LogP contribution is -2.25. The molecule has 0 aliphatic heterocycles. The van der Waals surface area contributed by atoms with E-state index in [-0.39, 0.29) is 33.8 Å². The van der Waals surface area contributed by atoms with Gasteiger partial charge in [-0.05, 0) is 31.0 Å². The molecule has 2 N–H and O–H groups in total. The van der Waals surface area contributed by atoms with Crippen molar-refractivity contribution < 1.29 is 14.6 Å². The van der Waals surface area contributed by atoms with E-state index in [0.717, 1.165) is 17.8 Å². The minimum atomic E-state index is -1.11. The number of rotatable bonds is 7. The van der Waals surface area contributed by atoms with E-state index in [1.165, 1.54) is 16.8 Å². The Bertz CT molecular complexity index is 1420. The first kappa shape index (κ1) is 21.4. The Balaban J connectivity index is 1.89. The van der Waals surface area contributed by atoms with Crippen molar-refractivity contribution in [2.45, 2.75) is 26.8 Å². The molecule has 32 heavy (non-hydrogen) atoms. The van der Waals surface area contributed by atoms with Gasteiger partial charge in [0.25, 0.3) is 5.56 Å². The highest BCUT2D eigenvalue weighted by Gasteiger charge is 2.22. The molecular formula is C22H20N4O5S. The molecule has 4 rings (SSSR count). The summed E-state index contributed by atoms with van der Waals surface area (Å²) in [5, 5.41) is 9.72. The van der Waals surface area contributed by atoms with E-state index in [1.54, 1.807) is 31.3 Å². The van der Waals surface area contributed by atoms with Crippen LogP contribution in [0.1, 0.15) is 34.3 Å². The number of fused-ring (bicyclic) bond motifs is 1. The molecule has 0 saturated heterocycles. The van der Waals surface area contributed by atoms with Crippen molar-refractivity contribution in [3.8, 4) is 17.3 Å². The minimum Gasteiger partial charge on any atom is -0.488 e. The zero-order chi connectivity index (χ0) is 22.8. The number of aromatic nitrogens is 4. The smallest absolute Gasteiger partial charge is 0.346 e. The first-order valence-corrected chi connectivity index (χ1v) is 10.8. The number of thiophene rings is 1. The number of aromatic amines is 1. The van der Waals surface area contributed by atoms with E-state index in [2.05, 4.69) is 15.0 Å². The molecule has 164 valence electrons. The van der Waals surface area contributed by atoms with Crippen molar-refractivity contribution >= 4 is 27.5 Å². The second-order valence-electron chi connectivity index (χ2n) is 7.12. The number of ether oxygens (including phenoxy) is 1. The summed E-state index contributed by atoms with van der Waals surface area (Å²) < 4.78 is 6.81. The van der Waals surface area contributed by atoms with Crippen molar-refractivity contribution in [3.05, 3.63) is 73.4 Å². The molecule has 10 heteroatoms. The molecule has 9 nitrogen and oxygen atoms in total. The molecule has 4 heterocycles. The third-order valence-electron chi connectivity index (χ3n) is 4.87. The molecular weight excluding hydrogens is 432 g/mol. The quantitative estimate of drug-likeness (QED) is 0.441. The number of pyridine rings is 2. The summed E-state index contributed by atoms with van der Waals surface area (Å²) in [6, 6.07) is 6.61. The maximum absolute atomic E-state index is 13.5. The van der Waals surface area contributed by atoms with Crippen LogP contribution in [0.15, 0.2) is 46.2 Å². The Hall–Kier alpha value is -3.79. The fourth-order valence-electron chi connectivity index (χ4n) is 3.34. The predicted molar refractivity (Wildman–Crippen MR) is 121 cm³/mol. The van der Waals surface area contributed by atoms with Crippen LogP contribution < -0.4 is 15.7 Å². The lowest BCUT2D eigenvalue weighted by Gasteiger charge is -2.13. The van der Waals surface area contributed by atoms with Gasteiger partial charge in [-0.3, -0.25) is 19.1 Å². The van der Waals surface area contributed by atoms with E-state index in [0.29, 0.717) is 28.4 Å². The average Bonchev–Trinajstić information content (AvgIpc) is 3.12. The van der Waals surface area contributed by atoms with Gasteiger partial charge in [-0.25, -0.2) is 9.78 Å². The second-order valence-corrected chi connectivity index (χ2v) is 8.12. The summed E-state index contributed by atoms with van der Waals surface area (Å²) >= 11 is 0.956. The van der Waals surface area contributed by atoms with Crippen LogP contribution in [-0.2, 0) is 6.54 Å². The van der Waals surface area contributed by atoms with Gasteiger partial charge < -0.3 is 14.8 Å². The summed E-state index contributed by atoms with van der Waals surface area (Å²) in [5.74, 6) is -0.613. The van der Waals surface area contributed by atoms with Crippen LogP contribution in [0.25, 0.3) is 21.7 Å². The van der Waals surface area contributed by atoms with Gasteiger partial charge in [0.15, 0.2) is 11.6 Å². The normalized spacial score (nSPS) is 11.1. The van der Waals surface area contributed by atoms with Gasteiger partial charge >= 0.3 is 5.97 Å². The summed E-state index contributed by atoms with van der Waals surface area (Å²) in [6.45, 7) is 3.99. The molecule has 4 aromatic rings. The second kappa shape index (κ2) is 8.75. The van der Waals surface area contributed by atoms with Crippen molar-refractivity contribution in [2.75, 3.05) is 6.61 Å². The number of H-pyrrole nitrogens is 1. The van der Waals surface area contributed by atoms with Crippen LogP contribution in [0, 0.1) is 6.92 Å². The van der Waals surface area contributed by atoms with E-state index in [4.69, 9.17) is 4.74 Å². The van der Waals surface area contributed by atoms with Crippen LogP contribution in [0.5, 0.6) is 5.75 Å². The number of nitrogens with zero attached hydrogens (tertiary/aromatic N) is 3. The minimum absolute atomic E-state index is 0.0225. The number of nitrogens with one attached hydrogen (secondary N) is 1. The third-order valence-corrected chi connectivity index (χ3v) is 6.04. The highest BCUT2D eigenvalue weighted by Crippen LogP contribution is 2.29. The lowest BCUT2D eigenvalue weighted by molar-refractivity contribution is 0.0701. The van der Waals surface area contributed by atoms with Gasteiger partial charge in [0.2, 0.25) is 5.43 Å². The molecule has 4 aromatic heterocycles. The van der Waals surface area contributed by atoms with E-state index >= 15 is 0 Å². The number of aryl methyl sites for hydroxylation is 1. The standard InChI is InChI=1S/C22H20N4O5S/c1-3-8-31-16-10-24-13(9-15(16)27)11-26-19(14-6-4-5-7-23-14)25-20-17(21(26)28)12(2)18(32-20)22(29)30/h4-7,9-10H,3,8,11H2,1-2H3,(H,24,27)(H,29,30). The van der Waals surface area contributed by atoms with Gasteiger partial charge in [-0.15, -0.1) is 11.3 Å². The van der Waals surface area contributed by atoms with Crippen LogP contribution in [-0.4, -0.2) is 37.2 Å².